The van der Waals surface area contributed by atoms with Crippen LogP contribution in [0, 0.1) is 17.0 Å². The Morgan fingerprint density at radius 3 is 2.89 bits per heavy atom. The molecule has 0 aliphatic carbocycles. The Kier molecular flexibility index (Phi) is 4.34. The van der Waals surface area contributed by atoms with Gasteiger partial charge in [0.25, 0.3) is 0 Å². The minimum atomic E-state index is -0.474. The summed E-state index contributed by atoms with van der Waals surface area (Å²) < 4.78 is 5.46. The highest BCUT2D eigenvalue weighted by Crippen LogP contribution is 2.29. The summed E-state index contributed by atoms with van der Waals surface area (Å²) in [4.78, 5) is 14.7. The average molecular weight is 299 g/mol. The highest BCUT2D eigenvalue weighted by atomic mass is 35.5. The van der Waals surface area contributed by atoms with Crippen LogP contribution in [0.15, 0.2) is 23.6 Å². The van der Waals surface area contributed by atoms with Crippen LogP contribution in [0.1, 0.15) is 16.3 Å². The maximum absolute atomic E-state index is 11.0. The molecule has 0 unspecified atom stereocenters. The Labute approximate surface area is 119 Å². The number of benzene rings is 1. The third-order valence-corrected chi connectivity index (χ3v) is 3.64. The number of aromatic nitrogens is 1. The van der Waals surface area contributed by atoms with Crippen molar-refractivity contribution in [3.05, 3.63) is 50.0 Å². The van der Waals surface area contributed by atoms with Crippen LogP contribution in [0.4, 0.5) is 5.69 Å². The summed E-state index contributed by atoms with van der Waals surface area (Å²) in [5, 5.41) is 13.7. The van der Waals surface area contributed by atoms with Gasteiger partial charge < -0.3 is 4.74 Å². The summed E-state index contributed by atoms with van der Waals surface area (Å²) in [5.41, 5.74) is 1.52. The summed E-state index contributed by atoms with van der Waals surface area (Å²) in [6, 6.07) is 4.70. The van der Waals surface area contributed by atoms with Crippen molar-refractivity contribution in [2.45, 2.75) is 19.4 Å². The molecular weight excluding hydrogens is 288 g/mol. The molecule has 0 radical (unpaired) electrons. The molecule has 5 nitrogen and oxygen atoms in total. The lowest BCUT2D eigenvalue weighted by Gasteiger charge is -2.06. The highest BCUT2D eigenvalue weighted by molar-refractivity contribution is 7.09. The van der Waals surface area contributed by atoms with Gasteiger partial charge in [-0.25, -0.2) is 4.98 Å². The quantitative estimate of drug-likeness (QED) is 0.480. The molecular formula is C12H11ClN2O3S. The van der Waals surface area contributed by atoms with E-state index in [9.17, 15) is 10.1 Å². The number of ether oxygens (including phenoxy) is 1. The van der Waals surface area contributed by atoms with Gasteiger partial charge >= 0.3 is 5.69 Å². The van der Waals surface area contributed by atoms with Crippen LogP contribution < -0.4 is 4.74 Å². The fourth-order valence-corrected chi connectivity index (χ4v) is 2.37. The summed E-state index contributed by atoms with van der Waals surface area (Å²) in [7, 11) is 0. The number of nitro groups is 1. The summed E-state index contributed by atoms with van der Waals surface area (Å²) in [6.45, 7) is 2.11. The van der Waals surface area contributed by atoms with Gasteiger partial charge in [0, 0.05) is 23.0 Å². The van der Waals surface area contributed by atoms with Crippen LogP contribution >= 0.6 is 22.9 Å². The highest BCUT2D eigenvalue weighted by Gasteiger charge is 2.16. The van der Waals surface area contributed by atoms with Crippen molar-refractivity contribution < 1.29 is 9.66 Å². The molecule has 2 rings (SSSR count). The number of halogens is 1. The SMILES string of the molecule is Cc1csc(COc2ccc(CCl)cc2[N+](=O)[O-])n1. The molecule has 0 amide bonds. The normalized spacial score (nSPS) is 10.4. The van der Waals surface area contributed by atoms with Gasteiger partial charge in [-0.15, -0.1) is 22.9 Å². The van der Waals surface area contributed by atoms with Gasteiger partial charge in [-0.1, -0.05) is 6.07 Å². The van der Waals surface area contributed by atoms with Crippen molar-refractivity contribution >= 4 is 28.6 Å². The van der Waals surface area contributed by atoms with Gasteiger partial charge in [0.05, 0.1) is 4.92 Å². The number of alkyl halides is 1. The lowest BCUT2D eigenvalue weighted by molar-refractivity contribution is -0.386. The van der Waals surface area contributed by atoms with Crippen LogP contribution in [-0.2, 0) is 12.5 Å². The third-order valence-electron chi connectivity index (χ3n) is 2.39. The molecule has 1 heterocycles. The summed E-state index contributed by atoms with van der Waals surface area (Å²) in [5.74, 6) is 0.457. The summed E-state index contributed by atoms with van der Waals surface area (Å²) >= 11 is 7.12. The van der Waals surface area contributed by atoms with Gasteiger partial charge in [0.15, 0.2) is 5.75 Å². The number of nitro benzene ring substituents is 1. The predicted octanol–water partition coefficient (Wildman–Crippen LogP) is 3.68. The molecule has 19 heavy (non-hydrogen) atoms. The second kappa shape index (κ2) is 5.99. The molecule has 0 bridgehead atoms. The molecule has 0 N–H and O–H groups in total. The zero-order valence-electron chi connectivity index (χ0n) is 10.1. The smallest absolute Gasteiger partial charge is 0.311 e. The van der Waals surface area contributed by atoms with Crippen LogP contribution in [0.25, 0.3) is 0 Å². The topological polar surface area (TPSA) is 65.3 Å². The van der Waals surface area contributed by atoms with E-state index >= 15 is 0 Å². The van der Waals surface area contributed by atoms with E-state index in [0.29, 0.717) is 5.56 Å². The monoisotopic (exact) mass is 298 g/mol. The predicted molar refractivity (Wildman–Crippen MR) is 73.8 cm³/mol. The standard InChI is InChI=1S/C12H11ClN2O3S/c1-8-7-19-12(14-8)6-18-11-3-2-9(5-13)4-10(11)15(16)17/h2-4,7H,5-6H2,1H3. The van der Waals surface area contributed by atoms with Crippen molar-refractivity contribution in [2.75, 3.05) is 0 Å². The fourth-order valence-electron chi connectivity index (χ4n) is 1.52. The first-order valence-corrected chi connectivity index (χ1v) is 6.88. The van der Waals surface area contributed by atoms with Crippen molar-refractivity contribution in [1.82, 2.24) is 4.98 Å². The zero-order valence-corrected chi connectivity index (χ0v) is 11.7. The van der Waals surface area contributed by atoms with Crippen LogP contribution in [0.3, 0.4) is 0 Å². The van der Waals surface area contributed by atoms with Crippen molar-refractivity contribution in [1.29, 1.82) is 0 Å². The molecule has 2 aromatic rings. The molecule has 0 saturated heterocycles. The average Bonchev–Trinajstić information content (AvgIpc) is 2.82. The van der Waals surface area contributed by atoms with Gasteiger partial charge in [0.1, 0.15) is 11.6 Å². The van der Waals surface area contributed by atoms with E-state index in [-0.39, 0.29) is 23.9 Å². The Hall–Kier alpha value is -1.66. The Morgan fingerprint density at radius 2 is 2.32 bits per heavy atom. The second-order valence-electron chi connectivity index (χ2n) is 3.86. The number of nitrogens with zero attached hydrogens (tertiary/aromatic N) is 2. The van der Waals surface area contributed by atoms with Gasteiger partial charge in [0.2, 0.25) is 0 Å². The molecule has 100 valence electrons. The summed E-state index contributed by atoms with van der Waals surface area (Å²) in [6.07, 6.45) is 0. The van der Waals surface area contributed by atoms with Gasteiger partial charge in [-0.3, -0.25) is 10.1 Å². The molecule has 0 aliphatic rings. The molecule has 0 saturated carbocycles. The number of hydrogen-bond donors (Lipinski definition) is 0. The first-order valence-electron chi connectivity index (χ1n) is 5.47. The molecule has 1 aromatic heterocycles. The fraction of sp³-hybridized carbons (Fsp3) is 0.250. The number of hydrogen-bond acceptors (Lipinski definition) is 5. The lowest BCUT2D eigenvalue weighted by atomic mass is 10.2. The van der Waals surface area contributed by atoms with Crippen molar-refractivity contribution in [2.24, 2.45) is 0 Å². The van der Waals surface area contributed by atoms with E-state index in [1.807, 2.05) is 12.3 Å². The van der Waals surface area contributed by atoms with E-state index in [2.05, 4.69) is 4.98 Å². The Morgan fingerprint density at radius 1 is 1.53 bits per heavy atom. The van der Waals surface area contributed by atoms with E-state index in [4.69, 9.17) is 16.3 Å². The third kappa shape index (κ3) is 3.42. The largest absolute Gasteiger partial charge is 0.479 e. The minimum absolute atomic E-state index is 0.0774. The number of thiazole rings is 1. The van der Waals surface area contributed by atoms with E-state index in [1.54, 1.807) is 12.1 Å². The molecule has 0 aliphatic heterocycles. The second-order valence-corrected chi connectivity index (χ2v) is 5.07. The van der Waals surface area contributed by atoms with E-state index < -0.39 is 4.92 Å². The Bertz CT molecular complexity index is 600. The molecule has 0 fully saturated rings. The maximum Gasteiger partial charge on any atom is 0.311 e. The lowest BCUT2D eigenvalue weighted by Crippen LogP contribution is -1.99. The zero-order chi connectivity index (χ0) is 13.8. The first kappa shape index (κ1) is 13.8. The molecule has 0 spiro atoms. The number of aryl methyl sites for hydroxylation is 1. The van der Waals surface area contributed by atoms with Gasteiger partial charge in [-0.05, 0) is 18.6 Å². The molecule has 7 heteroatoms. The van der Waals surface area contributed by atoms with E-state index in [0.717, 1.165) is 10.7 Å². The van der Waals surface area contributed by atoms with Crippen molar-refractivity contribution in [3.8, 4) is 5.75 Å². The molecule has 1 aromatic carbocycles. The minimum Gasteiger partial charge on any atom is -0.479 e. The van der Waals surface area contributed by atoms with Crippen LogP contribution in [-0.4, -0.2) is 9.91 Å². The van der Waals surface area contributed by atoms with Crippen LogP contribution in [0.5, 0.6) is 5.75 Å². The number of rotatable bonds is 5. The van der Waals surface area contributed by atoms with Gasteiger partial charge in [-0.2, -0.15) is 0 Å². The first-order chi connectivity index (χ1) is 9.10. The van der Waals surface area contributed by atoms with Crippen molar-refractivity contribution in [3.63, 3.8) is 0 Å². The van der Waals surface area contributed by atoms with E-state index in [1.165, 1.54) is 17.4 Å². The Balaban J connectivity index is 2.17. The van der Waals surface area contributed by atoms with Crippen LogP contribution in [0.2, 0.25) is 0 Å². The molecule has 0 atom stereocenters. The maximum atomic E-state index is 11.0.